The van der Waals surface area contributed by atoms with Gasteiger partial charge >= 0.3 is 0 Å². The molecule has 2 N–H and O–H groups in total. The first-order chi connectivity index (χ1) is 9.27. The zero-order valence-corrected chi connectivity index (χ0v) is 11.9. The van der Waals surface area contributed by atoms with Crippen LogP contribution in [-0.4, -0.2) is 13.1 Å². The molecule has 19 heavy (non-hydrogen) atoms. The molecule has 0 spiro atoms. The van der Waals surface area contributed by atoms with Crippen LogP contribution in [0.5, 0.6) is 0 Å². The Kier molecular flexibility index (Phi) is 5.17. The largest absolute Gasteiger partial charge is 0.345 e. The molecule has 1 nitrogen and oxygen atoms in total. The standard InChI is InChI=1S/C18H23N/c1-15(17-9-5-3-6-10-17)13-19-14-16(2)18-11-7-4-8-12-18/h3-12,15-16,19H,13-14H2,1-2H3/p+1/t15-,16+. The minimum Gasteiger partial charge on any atom is -0.345 e. The molecule has 2 aromatic carbocycles. The van der Waals surface area contributed by atoms with Crippen molar-refractivity contribution in [3.63, 3.8) is 0 Å². The van der Waals surface area contributed by atoms with Crippen molar-refractivity contribution in [1.82, 2.24) is 0 Å². The highest BCUT2D eigenvalue weighted by molar-refractivity contribution is 5.19. The van der Waals surface area contributed by atoms with Gasteiger partial charge in [0.25, 0.3) is 0 Å². The maximum Gasteiger partial charge on any atom is 0.0822 e. The van der Waals surface area contributed by atoms with E-state index in [2.05, 4.69) is 79.8 Å². The topological polar surface area (TPSA) is 16.6 Å². The fraction of sp³-hybridized carbons (Fsp3) is 0.333. The van der Waals surface area contributed by atoms with Gasteiger partial charge in [-0.05, 0) is 11.1 Å². The molecular weight excluding hydrogens is 230 g/mol. The molecule has 0 aliphatic heterocycles. The number of benzene rings is 2. The van der Waals surface area contributed by atoms with Crippen LogP contribution in [0.3, 0.4) is 0 Å². The zero-order valence-electron chi connectivity index (χ0n) is 11.9. The number of nitrogens with two attached hydrogens (primary N) is 1. The molecule has 0 heterocycles. The SMILES string of the molecule is C[C@H](C[NH2+]C[C@H](C)c1ccccc1)c1ccccc1. The second kappa shape index (κ2) is 7.10. The van der Waals surface area contributed by atoms with Gasteiger partial charge in [-0.2, -0.15) is 0 Å². The van der Waals surface area contributed by atoms with Gasteiger partial charge < -0.3 is 5.32 Å². The van der Waals surface area contributed by atoms with Crippen molar-refractivity contribution in [2.24, 2.45) is 0 Å². The first-order valence-corrected chi connectivity index (χ1v) is 7.19. The molecule has 0 bridgehead atoms. The summed E-state index contributed by atoms with van der Waals surface area (Å²) in [5, 5.41) is 2.44. The Labute approximate surface area is 116 Å². The average molecular weight is 254 g/mol. The molecule has 2 atom stereocenters. The number of hydrogen-bond acceptors (Lipinski definition) is 0. The van der Waals surface area contributed by atoms with Gasteiger partial charge in [0.05, 0.1) is 13.1 Å². The first kappa shape index (κ1) is 13.8. The lowest BCUT2D eigenvalue weighted by atomic mass is 9.99. The highest BCUT2D eigenvalue weighted by Gasteiger charge is 2.10. The summed E-state index contributed by atoms with van der Waals surface area (Å²) in [6.45, 7) is 6.92. The molecule has 2 aromatic rings. The molecule has 0 unspecified atom stereocenters. The van der Waals surface area contributed by atoms with Crippen LogP contribution in [0.2, 0.25) is 0 Å². The molecule has 0 fully saturated rings. The molecule has 2 rings (SSSR count). The highest BCUT2D eigenvalue weighted by atomic mass is 14.9. The number of rotatable bonds is 6. The van der Waals surface area contributed by atoms with Gasteiger partial charge in [-0.25, -0.2) is 0 Å². The van der Waals surface area contributed by atoms with Gasteiger partial charge in [-0.15, -0.1) is 0 Å². The van der Waals surface area contributed by atoms with Gasteiger partial charge in [0.1, 0.15) is 0 Å². The van der Waals surface area contributed by atoms with Crippen molar-refractivity contribution >= 4 is 0 Å². The Morgan fingerprint density at radius 1 is 0.684 bits per heavy atom. The summed E-state index contributed by atoms with van der Waals surface area (Å²) in [4.78, 5) is 0. The Bertz CT molecular complexity index is 418. The number of quaternary nitrogens is 1. The van der Waals surface area contributed by atoms with E-state index in [4.69, 9.17) is 0 Å². The van der Waals surface area contributed by atoms with Crippen LogP contribution < -0.4 is 5.32 Å². The smallest absolute Gasteiger partial charge is 0.0822 e. The first-order valence-electron chi connectivity index (χ1n) is 7.19. The van der Waals surface area contributed by atoms with Gasteiger partial charge in [0.15, 0.2) is 0 Å². The third-order valence-corrected chi connectivity index (χ3v) is 3.78. The fourth-order valence-corrected chi connectivity index (χ4v) is 2.43. The van der Waals surface area contributed by atoms with Crippen LogP contribution in [0.4, 0.5) is 0 Å². The minimum atomic E-state index is 0.615. The summed E-state index contributed by atoms with van der Waals surface area (Å²) in [5.41, 5.74) is 2.87. The zero-order chi connectivity index (χ0) is 13.5. The number of hydrogen-bond donors (Lipinski definition) is 1. The molecule has 0 aliphatic rings. The fourth-order valence-electron chi connectivity index (χ4n) is 2.43. The second-order valence-electron chi connectivity index (χ2n) is 5.38. The molecule has 0 saturated carbocycles. The molecule has 0 saturated heterocycles. The van der Waals surface area contributed by atoms with E-state index < -0.39 is 0 Å². The van der Waals surface area contributed by atoms with Crippen molar-refractivity contribution in [2.75, 3.05) is 13.1 Å². The van der Waals surface area contributed by atoms with E-state index in [0.717, 1.165) is 13.1 Å². The monoisotopic (exact) mass is 254 g/mol. The lowest BCUT2D eigenvalue weighted by Crippen LogP contribution is -2.86. The van der Waals surface area contributed by atoms with E-state index in [1.54, 1.807) is 0 Å². The van der Waals surface area contributed by atoms with E-state index >= 15 is 0 Å². The van der Waals surface area contributed by atoms with Crippen molar-refractivity contribution < 1.29 is 5.32 Å². The lowest BCUT2D eigenvalue weighted by Gasteiger charge is -2.14. The quantitative estimate of drug-likeness (QED) is 0.815. The third-order valence-electron chi connectivity index (χ3n) is 3.78. The van der Waals surface area contributed by atoms with Crippen molar-refractivity contribution in [3.8, 4) is 0 Å². The van der Waals surface area contributed by atoms with Gasteiger partial charge in [0, 0.05) is 11.8 Å². The maximum absolute atomic E-state index is 2.44. The van der Waals surface area contributed by atoms with Crippen molar-refractivity contribution in [1.29, 1.82) is 0 Å². The van der Waals surface area contributed by atoms with Crippen molar-refractivity contribution in [3.05, 3.63) is 71.8 Å². The molecular formula is C18H24N+. The highest BCUT2D eigenvalue weighted by Crippen LogP contribution is 2.13. The van der Waals surface area contributed by atoms with Gasteiger partial charge in [-0.1, -0.05) is 74.5 Å². The van der Waals surface area contributed by atoms with Crippen LogP contribution in [0.1, 0.15) is 36.8 Å². The van der Waals surface area contributed by atoms with Gasteiger partial charge in [-0.3, -0.25) is 0 Å². The summed E-state index contributed by atoms with van der Waals surface area (Å²) in [6, 6.07) is 21.5. The molecule has 0 amide bonds. The van der Waals surface area contributed by atoms with E-state index in [1.165, 1.54) is 11.1 Å². The van der Waals surface area contributed by atoms with E-state index in [0.29, 0.717) is 11.8 Å². The summed E-state index contributed by atoms with van der Waals surface area (Å²) < 4.78 is 0. The molecule has 0 aliphatic carbocycles. The lowest BCUT2D eigenvalue weighted by molar-refractivity contribution is -0.658. The van der Waals surface area contributed by atoms with Crippen LogP contribution in [0, 0.1) is 0 Å². The van der Waals surface area contributed by atoms with Crippen LogP contribution in [0.25, 0.3) is 0 Å². The maximum atomic E-state index is 2.44. The van der Waals surface area contributed by atoms with E-state index in [9.17, 15) is 0 Å². The van der Waals surface area contributed by atoms with Crippen molar-refractivity contribution in [2.45, 2.75) is 25.7 Å². The third kappa shape index (κ3) is 4.22. The summed E-state index contributed by atoms with van der Waals surface area (Å²) in [7, 11) is 0. The minimum absolute atomic E-state index is 0.615. The summed E-state index contributed by atoms with van der Waals surface area (Å²) in [5.74, 6) is 1.23. The van der Waals surface area contributed by atoms with Crippen LogP contribution >= 0.6 is 0 Å². The average Bonchev–Trinajstić information content (AvgIpc) is 2.49. The Balaban J connectivity index is 1.78. The Morgan fingerprint density at radius 2 is 1.05 bits per heavy atom. The molecule has 0 aromatic heterocycles. The molecule has 100 valence electrons. The van der Waals surface area contributed by atoms with E-state index in [-0.39, 0.29) is 0 Å². The summed E-state index contributed by atoms with van der Waals surface area (Å²) in [6.07, 6.45) is 0. The summed E-state index contributed by atoms with van der Waals surface area (Å²) >= 11 is 0. The molecule has 0 radical (unpaired) electrons. The van der Waals surface area contributed by atoms with E-state index in [1.807, 2.05) is 0 Å². The normalized spacial score (nSPS) is 14.0. The second-order valence-corrected chi connectivity index (χ2v) is 5.38. The molecule has 1 heteroatoms. The Morgan fingerprint density at radius 3 is 1.42 bits per heavy atom. The van der Waals surface area contributed by atoms with Crippen LogP contribution in [-0.2, 0) is 0 Å². The predicted octanol–water partition coefficient (Wildman–Crippen LogP) is 3.16. The van der Waals surface area contributed by atoms with Gasteiger partial charge in [0.2, 0.25) is 0 Å². The van der Waals surface area contributed by atoms with Crippen LogP contribution in [0.15, 0.2) is 60.7 Å². The predicted molar refractivity (Wildman–Crippen MR) is 81.4 cm³/mol. The Hall–Kier alpha value is -1.60.